The second-order valence-corrected chi connectivity index (χ2v) is 6.84. The molecule has 106 valence electrons. The molecule has 4 nitrogen and oxygen atoms in total. The van der Waals surface area contributed by atoms with Crippen LogP contribution < -0.4 is 10.5 Å². The molecule has 0 heterocycles. The van der Waals surface area contributed by atoms with Crippen molar-refractivity contribution in [2.24, 2.45) is 5.73 Å². The van der Waals surface area contributed by atoms with Crippen LogP contribution in [0.4, 0.5) is 4.39 Å². The molecule has 0 spiro atoms. The summed E-state index contributed by atoms with van der Waals surface area (Å²) in [6.45, 7) is 0. The lowest BCUT2D eigenvalue weighted by molar-refractivity contribution is 0.361. The van der Waals surface area contributed by atoms with Crippen molar-refractivity contribution in [3.05, 3.63) is 29.0 Å². The lowest BCUT2D eigenvalue weighted by atomic mass is 9.92. The third-order valence-corrected chi connectivity index (χ3v) is 5.28. The van der Waals surface area contributed by atoms with Gasteiger partial charge in [-0.25, -0.2) is 17.5 Å². The first-order valence-electron chi connectivity index (χ1n) is 6.13. The summed E-state index contributed by atoms with van der Waals surface area (Å²) in [5.41, 5.74) is 5.90. The van der Waals surface area contributed by atoms with Gasteiger partial charge in [-0.1, -0.05) is 24.4 Å². The average Bonchev–Trinajstić information content (AvgIpc) is 2.35. The Morgan fingerprint density at radius 2 is 2.00 bits per heavy atom. The van der Waals surface area contributed by atoms with Crippen LogP contribution >= 0.6 is 11.6 Å². The minimum Gasteiger partial charge on any atom is -0.326 e. The maximum Gasteiger partial charge on any atom is 0.242 e. The molecule has 0 saturated heterocycles. The van der Waals surface area contributed by atoms with E-state index in [1.165, 1.54) is 6.07 Å². The first kappa shape index (κ1) is 14.7. The summed E-state index contributed by atoms with van der Waals surface area (Å²) >= 11 is 5.82. The number of hydrogen-bond donors (Lipinski definition) is 2. The number of rotatable bonds is 3. The largest absolute Gasteiger partial charge is 0.326 e. The fourth-order valence-corrected chi connectivity index (χ4v) is 4.08. The van der Waals surface area contributed by atoms with Crippen LogP contribution in [-0.2, 0) is 10.0 Å². The summed E-state index contributed by atoms with van der Waals surface area (Å²) in [6.07, 6.45) is 3.40. The average molecular weight is 307 g/mol. The molecule has 1 aromatic rings. The molecule has 1 aliphatic rings. The summed E-state index contributed by atoms with van der Waals surface area (Å²) in [6, 6.07) is 2.73. The van der Waals surface area contributed by atoms with Crippen molar-refractivity contribution in [2.75, 3.05) is 0 Å². The first-order valence-corrected chi connectivity index (χ1v) is 7.99. The van der Waals surface area contributed by atoms with Gasteiger partial charge in [-0.2, -0.15) is 0 Å². The molecule has 1 aliphatic carbocycles. The number of nitrogens with two attached hydrogens (primary N) is 1. The topological polar surface area (TPSA) is 72.2 Å². The van der Waals surface area contributed by atoms with Gasteiger partial charge in [-0.15, -0.1) is 0 Å². The second-order valence-electron chi connectivity index (χ2n) is 4.75. The molecule has 0 amide bonds. The molecule has 0 radical (unpaired) electrons. The molecule has 19 heavy (non-hydrogen) atoms. The van der Waals surface area contributed by atoms with Gasteiger partial charge in [0.1, 0.15) is 10.7 Å². The highest BCUT2D eigenvalue weighted by atomic mass is 35.5. The van der Waals surface area contributed by atoms with E-state index in [2.05, 4.69) is 4.72 Å². The van der Waals surface area contributed by atoms with Crippen molar-refractivity contribution >= 4 is 21.6 Å². The van der Waals surface area contributed by atoms with Gasteiger partial charge < -0.3 is 5.73 Å². The van der Waals surface area contributed by atoms with Gasteiger partial charge in [-0.05, 0) is 31.0 Å². The van der Waals surface area contributed by atoms with E-state index >= 15 is 0 Å². The molecule has 0 aliphatic heterocycles. The van der Waals surface area contributed by atoms with E-state index in [1.54, 1.807) is 0 Å². The minimum atomic E-state index is -3.85. The molecule has 2 atom stereocenters. The van der Waals surface area contributed by atoms with Crippen molar-refractivity contribution in [3.63, 3.8) is 0 Å². The van der Waals surface area contributed by atoms with E-state index in [9.17, 15) is 12.8 Å². The van der Waals surface area contributed by atoms with Gasteiger partial charge in [0.25, 0.3) is 0 Å². The van der Waals surface area contributed by atoms with Gasteiger partial charge >= 0.3 is 0 Å². The number of benzene rings is 1. The summed E-state index contributed by atoms with van der Waals surface area (Å²) in [7, 11) is -3.85. The Labute approximate surface area is 117 Å². The number of hydrogen-bond acceptors (Lipinski definition) is 3. The Hall–Kier alpha value is -0.690. The summed E-state index contributed by atoms with van der Waals surface area (Å²) in [4.78, 5) is -0.244. The van der Waals surface area contributed by atoms with Crippen LogP contribution in [0.1, 0.15) is 25.7 Å². The van der Waals surface area contributed by atoms with Crippen LogP contribution in [0.25, 0.3) is 0 Å². The monoisotopic (exact) mass is 306 g/mol. The highest BCUT2D eigenvalue weighted by molar-refractivity contribution is 7.89. The van der Waals surface area contributed by atoms with Gasteiger partial charge in [0.2, 0.25) is 10.0 Å². The standard InChI is InChI=1S/C12H16ClFN2O2S/c13-9-6-5-8(14)7-12(9)19(17,18)16-11-4-2-1-3-10(11)15/h5-7,10-11,16H,1-4,15H2. The van der Waals surface area contributed by atoms with Crippen molar-refractivity contribution in [1.82, 2.24) is 4.72 Å². The quantitative estimate of drug-likeness (QED) is 0.897. The molecule has 0 bridgehead atoms. The Kier molecular flexibility index (Phi) is 4.45. The molecule has 1 fully saturated rings. The minimum absolute atomic E-state index is 0.00159. The Bertz CT molecular complexity index is 565. The van der Waals surface area contributed by atoms with E-state index in [0.717, 1.165) is 31.4 Å². The van der Waals surface area contributed by atoms with Crippen LogP contribution in [0, 0.1) is 5.82 Å². The first-order chi connectivity index (χ1) is 8.90. The highest BCUT2D eigenvalue weighted by Crippen LogP contribution is 2.24. The zero-order chi connectivity index (χ0) is 14.0. The van der Waals surface area contributed by atoms with Crippen LogP contribution in [0.15, 0.2) is 23.1 Å². The normalized spacial score (nSPS) is 24.4. The number of sulfonamides is 1. The molecule has 1 saturated carbocycles. The summed E-state index contributed by atoms with van der Waals surface area (Å²) in [5.74, 6) is -0.641. The van der Waals surface area contributed by atoms with E-state index in [1.807, 2.05) is 0 Å². The lowest BCUT2D eigenvalue weighted by Crippen LogP contribution is -2.49. The Morgan fingerprint density at radius 1 is 1.32 bits per heavy atom. The van der Waals surface area contributed by atoms with E-state index in [-0.39, 0.29) is 22.0 Å². The molecule has 2 unspecified atom stereocenters. The Morgan fingerprint density at radius 3 is 2.68 bits per heavy atom. The van der Waals surface area contributed by atoms with E-state index in [0.29, 0.717) is 6.42 Å². The zero-order valence-corrected chi connectivity index (χ0v) is 11.8. The third kappa shape index (κ3) is 3.45. The van der Waals surface area contributed by atoms with Gasteiger partial charge in [-0.3, -0.25) is 0 Å². The SMILES string of the molecule is NC1CCCCC1NS(=O)(=O)c1cc(F)ccc1Cl. The maximum absolute atomic E-state index is 13.2. The van der Waals surface area contributed by atoms with Crippen molar-refractivity contribution in [2.45, 2.75) is 42.7 Å². The predicted molar refractivity (Wildman–Crippen MR) is 72.0 cm³/mol. The molecular weight excluding hydrogens is 291 g/mol. The second kappa shape index (κ2) is 5.75. The van der Waals surface area contributed by atoms with E-state index in [4.69, 9.17) is 17.3 Å². The van der Waals surface area contributed by atoms with Crippen molar-refractivity contribution in [3.8, 4) is 0 Å². The molecule has 2 rings (SSSR count). The van der Waals surface area contributed by atoms with Crippen LogP contribution in [0.5, 0.6) is 0 Å². The number of nitrogens with one attached hydrogen (secondary N) is 1. The Balaban J connectivity index is 2.24. The highest BCUT2D eigenvalue weighted by Gasteiger charge is 2.28. The maximum atomic E-state index is 13.2. The van der Waals surface area contributed by atoms with E-state index < -0.39 is 15.8 Å². The molecular formula is C12H16ClFN2O2S. The summed E-state index contributed by atoms with van der Waals surface area (Å²) < 4.78 is 40.1. The number of halogens is 2. The predicted octanol–water partition coefficient (Wildman–Crippen LogP) is 2.03. The van der Waals surface area contributed by atoms with Gasteiger partial charge in [0, 0.05) is 12.1 Å². The van der Waals surface area contributed by atoms with Gasteiger partial charge in [0.15, 0.2) is 0 Å². The van der Waals surface area contributed by atoms with Gasteiger partial charge in [0.05, 0.1) is 5.02 Å². The van der Waals surface area contributed by atoms with Crippen LogP contribution in [-0.4, -0.2) is 20.5 Å². The fourth-order valence-electron chi connectivity index (χ4n) is 2.25. The van der Waals surface area contributed by atoms with Crippen molar-refractivity contribution < 1.29 is 12.8 Å². The van der Waals surface area contributed by atoms with Crippen molar-refractivity contribution in [1.29, 1.82) is 0 Å². The molecule has 1 aromatic carbocycles. The third-order valence-electron chi connectivity index (χ3n) is 3.31. The fraction of sp³-hybridized carbons (Fsp3) is 0.500. The van der Waals surface area contributed by atoms with Crippen LogP contribution in [0.3, 0.4) is 0 Å². The molecule has 7 heteroatoms. The lowest BCUT2D eigenvalue weighted by Gasteiger charge is -2.29. The zero-order valence-electron chi connectivity index (χ0n) is 10.3. The molecule has 0 aromatic heterocycles. The van der Waals surface area contributed by atoms with Crippen LogP contribution in [0.2, 0.25) is 5.02 Å². The smallest absolute Gasteiger partial charge is 0.242 e. The summed E-state index contributed by atoms with van der Waals surface area (Å²) in [5, 5.41) is -0.00159. The molecule has 3 N–H and O–H groups in total.